The molecule has 1 saturated heterocycles. The number of ketones is 1. The molecule has 0 radical (unpaired) electrons. The first-order valence-corrected chi connectivity index (χ1v) is 10.7. The van der Waals surface area contributed by atoms with Crippen molar-refractivity contribution in [1.29, 1.82) is 0 Å². The second-order valence-electron chi connectivity index (χ2n) is 8.90. The number of nitrogens with zero attached hydrogens (tertiary/aromatic N) is 2. The van der Waals surface area contributed by atoms with Crippen LogP contribution in [0, 0.1) is 25.2 Å². The molecule has 0 unspecified atom stereocenters. The van der Waals surface area contributed by atoms with Gasteiger partial charge < -0.3 is 10.2 Å². The van der Waals surface area contributed by atoms with Gasteiger partial charge in [-0.1, -0.05) is 31.3 Å². The van der Waals surface area contributed by atoms with Crippen molar-refractivity contribution in [3.05, 3.63) is 39.9 Å². The first-order chi connectivity index (χ1) is 13.6. The monoisotopic (exact) mass is 411 g/mol. The molecule has 0 bridgehead atoms. The molecule has 2 heterocycles. The molecule has 1 N–H and O–H groups in total. The zero-order chi connectivity index (χ0) is 20.9. The van der Waals surface area contributed by atoms with Gasteiger partial charge in [-0.05, 0) is 48.9 Å². The lowest BCUT2D eigenvalue weighted by Crippen LogP contribution is -2.28. The molecule has 1 aromatic heterocycles. The summed E-state index contributed by atoms with van der Waals surface area (Å²) in [5.41, 5.74) is 3.77. The van der Waals surface area contributed by atoms with Crippen LogP contribution >= 0.6 is 11.3 Å². The molecule has 1 aliphatic heterocycles. The lowest BCUT2D eigenvalue weighted by Gasteiger charge is -2.26. The molecular weight excluding hydrogens is 386 g/mol. The average molecular weight is 412 g/mol. The third kappa shape index (κ3) is 3.83. The van der Waals surface area contributed by atoms with Gasteiger partial charge in [-0.15, -0.1) is 0 Å². The van der Waals surface area contributed by atoms with Crippen molar-refractivity contribution in [2.24, 2.45) is 11.3 Å². The number of hydrogen-bond donors (Lipinski definition) is 1. The molecule has 2 aromatic rings. The summed E-state index contributed by atoms with van der Waals surface area (Å²) in [6, 6.07) is 5.89. The summed E-state index contributed by atoms with van der Waals surface area (Å²) in [6.45, 7) is 8.50. The molecular formula is C22H25N3O3S. The number of Topliss-reactive ketones (excluding diaryl/α,β-unsaturated/α-hetero) is 1. The number of rotatable bonds is 3. The highest BCUT2D eigenvalue weighted by atomic mass is 32.1. The molecule has 4 rings (SSSR count). The molecule has 0 saturated carbocycles. The number of aromatic nitrogens is 1. The van der Waals surface area contributed by atoms with Gasteiger partial charge in [0.05, 0.1) is 16.5 Å². The van der Waals surface area contributed by atoms with Crippen LogP contribution in [0.15, 0.2) is 18.2 Å². The van der Waals surface area contributed by atoms with E-state index in [1.165, 1.54) is 16.9 Å². The Morgan fingerprint density at radius 1 is 1.21 bits per heavy atom. The third-order valence-corrected chi connectivity index (χ3v) is 6.82. The summed E-state index contributed by atoms with van der Waals surface area (Å²) in [4.78, 5) is 44.4. The zero-order valence-corrected chi connectivity index (χ0v) is 18.0. The lowest BCUT2D eigenvalue weighted by atomic mass is 9.78. The molecule has 7 heteroatoms. The van der Waals surface area contributed by atoms with E-state index < -0.39 is 5.92 Å². The highest BCUT2D eigenvalue weighted by molar-refractivity contribution is 7.17. The van der Waals surface area contributed by atoms with Crippen molar-refractivity contribution in [2.45, 2.75) is 47.0 Å². The summed E-state index contributed by atoms with van der Waals surface area (Å²) < 4.78 is 0. The Kier molecular flexibility index (Phi) is 4.81. The topological polar surface area (TPSA) is 79.4 Å². The number of carbonyl (C=O) groups is 3. The third-order valence-electron chi connectivity index (χ3n) is 5.76. The molecule has 152 valence electrons. The number of aryl methyl sites for hydroxylation is 2. The van der Waals surface area contributed by atoms with E-state index in [4.69, 9.17) is 0 Å². The predicted octanol–water partition coefficient (Wildman–Crippen LogP) is 3.91. The fraction of sp³-hybridized carbons (Fsp3) is 0.455. The Bertz CT molecular complexity index is 1020. The highest BCUT2D eigenvalue weighted by Gasteiger charge is 2.37. The maximum absolute atomic E-state index is 12.8. The summed E-state index contributed by atoms with van der Waals surface area (Å²) >= 11 is 1.24. The predicted molar refractivity (Wildman–Crippen MR) is 114 cm³/mol. The normalized spacial score (nSPS) is 20.7. The molecule has 0 spiro atoms. The average Bonchev–Trinajstić information content (AvgIpc) is 3.20. The van der Waals surface area contributed by atoms with E-state index in [9.17, 15) is 14.4 Å². The summed E-state index contributed by atoms with van der Waals surface area (Å²) in [5.74, 6) is -0.616. The molecule has 6 nitrogen and oxygen atoms in total. The Balaban J connectivity index is 1.47. The fourth-order valence-electron chi connectivity index (χ4n) is 4.01. The van der Waals surface area contributed by atoms with Gasteiger partial charge in [0.15, 0.2) is 10.9 Å². The maximum Gasteiger partial charge on any atom is 0.231 e. The first-order valence-electron chi connectivity index (χ1n) is 9.84. The van der Waals surface area contributed by atoms with Crippen LogP contribution in [-0.4, -0.2) is 29.1 Å². The summed E-state index contributed by atoms with van der Waals surface area (Å²) in [5, 5.41) is 3.29. The standard InChI is InChI=1S/C22H25N3O3S/c1-12-5-6-15(7-13(12)2)25-11-14(8-18(25)27)20(28)24-21-23-16-9-22(3,4)10-17(26)19(16)29-21/h5-7,14H,8-11H2,1-4H3,(H,23,24,28)/t14-/m1/s1. The van der Waals surface area contributed by atoms with Gasteiger partial charge in [0.1, 0.15) is 0 Å². The van der Waals surface area contributed by atoms with Crippen LogP contribution in [0.4, 0.5) is 10.8 Å². The van der Waals surface area contributed by atoms with Gasteiger partial charge in [0.25, 0.3) is 0 Å². The largest absolute Gasteiger partial charge is 0.312 e. The molecule has 29 heavy (non-hydrogen) atoms. The number of hydrogen-bond acceptors (Lipinski definition) is 5. The number of amides is 2. The van der Waals surface area contributed by atoms with Crippen LogP contribution in [0.2, 0.25) is 0 Å². The van der Waals surface area contributed by atoms with Crippen molar-refractivity contribution in [1.82, 2.24) is 4.98 Å². The number of nitrogens with one attached hydrogen (secondary N) is 1. The quantitative estimate of drug-likeness (QED) is 0.831. The Morgan fingerprint density at radius 3 is 2.69 bits per heavy atom. The van der Waals surface area contributed by atoms with E-state index in [0.29, 0.717) is 23.0 Å². The van der Waals surface area contributed by atoms with Crippen molar-refractivity contribution in [3.63, 3.8) is 0 Å². The molecule has 1 atom stereocenters. The van der Waals surface area contributed by atoms with E-state index in [2.05, 4.69) is 24.1 Å². The van der Waals surface area contributed by atoms with Crippen LogP contribution in [-0.2, 0) is 16.0 Å². The second kappa shape index (κ2) is 7.06. The van der Waals surface area contributed by atoms with Crippen molar-refractivity contribution in [3.8, 4) is 0 Å². The highest BCUT2D eigenvalue weighted by Crippen LogP contribution is 2.38. The molecule has 1 fully saturated rings. The van der Waals surface area contributed by atoms with E-state index in [-0.39, 0.29) is 29.4 Å². The van der Waals surface area contributed by atoms with E-state index in [1.54, 1.807) is 4.90 Å². The Morgan fingerprint density at radius 2 is 1.97 bits per heavy atom. The number of carbonyl (C=O) groups excluding carboxylic acids is 3. The zero-order valence-electron chi connectivity index (χ0n) is 17.2. The lowest BCUT2D eigenvalue weighted by molar-refractivity contribution is -0.122. The van der Waals surface area contributed by atoms with Gasteiger partial charge >= 0.3 is 0 Å². The van der Waals surface area contributed by atoms with Gasteiger partial charge in [0.2, 0.25) is 11.8 Å². The minimum atomic E-state index is -0.433. The fourth-order valence-corrected chi connectivity index (χ4v) is 4.93. The summed E-state index contributed by atoms with van der Waals surface area (Å²) in [6.07, 6.45) is 1.40. The number of anilines is 2. The van der Waals surface area contributed by atoms with Crippen LogP contribution in [0.3, 0.4) is 0 Å². The Labute approximate surface area is 174 Å². The first kappa shape index (κ1) is 19.8. The minimum Gasteiger partial charge on any atom is -0.312 e. The molecule has 2 aliphatic rings. The van der Waals surface area contributed by atoms with Crippen LogP contribution < -0.4 is 10.2 Å². The second-order valence-corrected chi connectivity index (χ2v) is 9.90. The molecule has 2 amide bonds. The minimum absolute atomic E-state index is 0.0521. The molecule has 1 aliphatic carbocycles. The van der Waals surface area contributed by atoms with Gasteiger partial charge in [0, 0.05) is 25.1 Å². The van der Waals surface area contributed by atoms with Gasteiger partial charge in [-0.3, -0.25) is 14.4 Å². The smallest absolute Gasteiger partial charge is 0.231 e. The van der Waals surface area contributed by atoms with Gasteiger partial charge in [-0.2, -0.15) is 0 Å². The number of benzene rings is 1. The van der Waals surface area contributed by atoms with Crippen LogP contribution in [0.1, 0.15) is 53.2 Å². The van der Waals surface area contributed by atoms with Crippen molar-refractivity contribution < 1.29 is 14.4 Å². The number of fused-ring (bicyclic) bond motifs is 1. The van der Waals surface area contributed by atoms with E-state index in [1.807, 2.05) is 32.0 Å². The van der Waals surface area contributed by atoms with E-state index in [0.717, 1.165) is 23.4 Å². The molecule has 1 aromatic carbocycles. The van der Waals surface area contributed by atoms with E-state index >= 15 is 0 Å². The Hall–Kier alpha value is -2.54. The SMILES string of the molecule is Cc1ccc(N2C[C@H](C(=O)Nc3nc4c(s3)C(=O)CC(C)(C)C4)CC2=O)cc1C. The van der Waals surface area contributed by atoms with Crippen molar-refractivity contribution >= 4 is 39.8 Å². The maximum atomic E-state index is 12.8. The van der Waals surface area contributed by atoms with Crippen LogP contribution in [0.5, 0.6) is 0 Å². The number of thiazole rings is 1. The van der Waals surface area contributed by atoms with Crippen LogP contribution in [0.25, 0.3) is 0 Å². The van der Waals surface area contributed by atoms with Crippen molar-refractivity contribution in [2.75, 3.05) is 16.8 Å². The van der Waals surface area contributed by atoms with Gasteiger partial charge in [-0.25, -0.2) is 4.98 Å². The summed E-state index contributed by atoms with van der Waals surface area (Å²) in [7, 11) is 0.